The van der Waals surface area contributed by atoms with Gasteiger partial charge in [0.15, 0.2) is 5.69 Å². The Labute approximate surface area is 167 Å². The molecule has 0 atom stereocenters. The van der Waals surface area contributed by atoms with E-state index in [4.69, 9.17) is 0 Å². The van der Waals surface area contributed by atoms with Crippen LogP contribution in [0.3, 0.4) is 0 Å². The van der Waals surface area contributed by atoms with Gasteiger partial charge in [-0.2, -0.15) is 5.10 Å². The van der Waals surface area contributed by atoms with Crippen molar-refractivity contribution in [3.63, 3.8) is 0 Å². The van der Waals surface area contributed by atoms with E-state index in [1.165, 1.54) is 12.1 Å². The lowest BCUT2D eigenvalue weighted by atomic mass is 9.95. The Bertz CT molecular complexity index is 1020. The molecule has 0 aliphatic carbocycles. The molecular formula is C20H22FN7O. The van der Waals surface area contributed by atoms with Crippen LogP contribution in [0.15, 0.2) is 36.5 Å². The first kappa shape index (κ1) is 18.0. The number of fused-ring (bicyclic) bond motifs is 1. The van der Waals surface area contributed by atoms with Gasteiger partial charge in [-0.05, 0) is 43.2 Å². The molecule has 1 aromatic carbocycles. The molecule has 0 radical (unpaired) electrons. The minimum atomic E-state index is -0.301. The Balaban J connectivity index is 1.25. The lowest BCUT2D eigenvalue weighted by Crippen LogP contribution is -2.39. The van der Waals surface area contributed by atoms with Crippen molar-refractivity contribution in [1.82, 2.24) is 34.8 Å². The van der Waals surface area contributed by atoms with Crippen molar-refractivity contribution in [3.8, 4) is 5.69 Å². The molecule has 0 spiro atoms. The van der Waals surface area contributed by atoms with Gasteiger partial charge in [-0.25, -0.2) is 9.07 Å². The number of hydrogen-bond acceptors (Lipinski definition) is 5. The summed E-state index contributed by atoms with van der Waals surface area (Å²) in [7, 11) is 0. The van der Waals surface area contributed by atoms with Gasteiger partial charge in [0, 0.05) is 38.3 Å². The number of benzene rings is 1. The molecule has 8 nitrogen and oxygen atoms in total. The van der Waals surface area contributed by atoms with Gasteiger partial charge in [0.05, 0.1) is 12.2 Å². The van der Waals surface area contributed by atoms with E-state index in [9.17, 15) is 9.18 Å². The lowest BCUT2D eigenvalue weighted by Gasteiger charge is -2.31. The molecule has 5 rings (SSSR count). The third kappa shape index (κ3) is 3.42. The van der Waals surface area contributed by atoms with Crippen molar-refractivity contribution in [2.75, 3.05) is 19.6 Å². The van der Waals surface area contributed by atoms with Crippen molar-refractivity contribution in [1.29, 1.82) is 0 Å². The van der Waals surface area contributed by atoms with Crippen LogP contribution in [0.4, 0.5) is 4.39 Å². The summed E-state index contributed by atoms with van der Waals surface area (Å²) in [6.45, 7) is 3.95. The fourth-order valence-corrected chi connectivity index (χ4v) is 4.10. The number of nitrogens with zero attached hydrogens (tertiary/aromatic N) is 6. The first-order valence-electron chi connectivity index (χ1n) is 9.92. The molecule has 0 saturated carbocycles. The minimum absolute atomic E-state index is 0.0724. The van der Waals surface area contributed by atoms with Gasteiger partial charge in [0.1, 0.15) is 17.5 Å². The molecule has 1 N–H and O–H groups in total. The van der Waals surface area contributed by atoms with E-state index >= 15 is 0 Å². The highest BCUT2D eigenvalue weighted by Gasteiger charge is 2.29. The molecule has 4 heterocycles. The van der Waals surface area contributed by atoms with E-state index in [0.717, 1.165) is 49.8 Å². The predicted octanol–water partition coefficient (Wildman–Crippen LogP) is 1.73. The average Bonchev–Trinajstić information content (AvgIpc) is 3.42. The SMILES string of the molecule is O=C(c1ccn(-c2ccc(F)cc2)n1)N1CCC(c2nnc3n2CCNC3)CC1. The summed E-state index contributed by atoms with van der Waals surface area (Å²) in [5.41, 5.74) is 1.12. The van der Waals surface area contributed by atoms with E-state index in [0.29, 0.717) is 24.7 Å². The summed E-state index contributed by atoms with van der Waals surface area (Å²) >= 11 is 0. The Morgan fingerprint density at radius 1 is 1.07 bits per heavy atom. The number of carbonyl (C=O) groups is 1. The maximum Gasteiger partial charge on any atom is 0.274 e. The molecular weight excluding hydrogens is 373 g/mol. The second-order valence-electron chi connectivity index (χ2n) is 7.49. The fraction of sp³-hybridized carbons (Fsp3) is 0.400. The third-order valence-electron chi connectivity index (χ3n) is 5.70. The predicted molar refractivity (Wildman–Crippen MR) is 103 cm³/mol. The van der Waals surface area contributed by atoms with E-state index < -0.39 is 0 Å². The average molecular weight is 395 g/mol. The van der Waals surface area contributed by atoms with Crippen molar-refractivity contribution in [3.05, 3.63) is 59.7 Å². The molecule has 3 aromatic rings. The monoisotopic (exact) mass is 395 g/mol. The molecule has 1 amide bonds. The molecule has 0 bridgehead atoms. The standard InChI is InChI=1S/C20H22FN7O/c21-15-1-3-16(4-2-15)28-11-7-17(25-28)20(29)26-9-5-14(6-10-26)19-24-23-18-13-22-8-12-27(18)19/h1-4,7,11,14,22H,5-6,8-10,12-13H2. The van der Waals surface area contributed by atoms with Crippen LogP contribution >= 0.6 is 0 Å². The highest BCUT2D eigenvalue weighted by molar-refractivity contribution is 5.92. The van der Waals surface area contributed by atoms with E-state index in [-0.39, 0.29) is 11.7 Å². The van der Waals surface area contributed by atoms with Crippen LogP contribution in [-0.2, 0) is 13.1 Å². The van der Waals surface area contributed by atoms with Crippen LogP contribution < -0.4 is 5.32 Å². The lowest BCUT2D eigenvalue weighted by molar-refractivity contribution is 0.0703. The number of hydrogen-bond donors (Lipinski definition) is 1. The molecule has 2 aliphatic heterocycles. The largest absolute Gasteiger partial charge is 0.337 e. The van der Waals surface area contributed by atoms with Crippen molar-refractivity contribution >= 4 is 5.91 Å². The summed E-state index contributed by atoms with van der Waals surface area (Å²) in [6, 6.07) is 7.73. The van der Waals surface area contributed by atoms with Crippen LogP contribution in [-0.4, -0.2) is 55.0 Å². The molecule has 1 saturated heterocycles. The topological polar surface area (TPSA) is 80.9 Å². The van der Waals surface area contributed by atoms with Crippen molar-refractivity contribution in [2.24, 2.45) is 0 Å². The molecule has 2 aliphatic rings. The first-order chi connectivity index (χ1) is 14.2. The Kier molecular flexibility index (Phi) is 4.59. The normalized spacial score (nSPS) is 17.3. The van der Waals surface area contributed by atoms with E-state index in [1.807, 2.05) is 4.90 Å². The smallest absolute Gasteiger partial charge is 0.274 e. The van der Waals surface area contributed by atoms with Gasteiger partial charge in [-0.3, -0.25) is 4.79 Å². The zero-order valence-corrected chi connectivity index (χ0v) is 16.0. The number of aromatic nitrogens is 5. The number of carbonyl (C=O) groups excluding carboxylic acids is 1. The number of piperidine rings is 1. The van der Waals surface area contributed by atoms with Crippen molar-refractivity contribution in [2.45, 2.75) is 31.8 Å². The number of amides is 1. The van der Waals surface area contributed by atoms with Gasteiger partial charge >= 0.3 is 0 Å². The van der Waals surface area contributed by atoms with Crippen LogP contribution in [0.25, 0.3) is 5.69 Å². The molecule has 1 fully saturated rings. The summed E-state index contributed by atoms with van der Waals surface area (Å²) in [5, 5.41) is 16.4. The van der Waals surface area contributed by atoms with Gasteiger partial charge in [0.25, 0.3) is 5.91 Å². The van der Waals surface area contributed by atoms with Gasteiger partial charge in [-0.15, -0.1) is 10.2 Å². The second-order valence-corrected chi connectivity index (χ2v) is 7.49. The first-order valence-corrected chi connectivity index (χ1v) is 9.92. The summed E-state index contributed by atoms with van der Waals surface area (Å²) in [6.07, 6.45) is 3.47. The van der Waals surface area contributed by atoms with Gasteiger partial charge < -0.3 is 14.8 Å². The summed E-state index contributed by atoms with van der Waals surface area (Å²) < 4.78 is 16.9. The summed E-state index contributed by atoms with van der Waals surface area (Å²) in [4.78, 5) is 14.7. The highest BCUT2D eigenvalue weighted by atomic mass is 19.1. The number of likely N-dealkylation sites (tertiary alicyclic amines) is 1. The number of rotatable bonds is 3. The number of halogens is 1. The zero-order valence-electron chi connectivity index (χ0n) is 16.0. The van der Waals surface area contributed by atoms with Crippen LogP contribution in [0, 0.1) is 5.82 Å². The van der Waals surface area contributed by atoms with Crippen molar-refractivity contribution < 1.29 is 9.18 Å². The van der Waals surface area contributed by atoms with Crippen LogP contribution in [0.5, 0.6) is 0 Å². The minimum Gasteiger partial charge on any atom is -0.337 e. The molecule has 9 heteroatoms. The molecule has 2 aromatic heterocycles. The summed E-state index contributed by atoms with van der Waals surface area (Å²) in [5.74, 6) is 2.00. The number of nitrogens with one attached hydrogen (secondary N) is 1. The molecule has 0 unspecified atom stereocenters. The highest BCUT2D eigenvalue weighted by Crippen LogP contribution is 2.28. The maximum absolute atomic E-state index is 13.1. The Morgan fingerprint density at radius 2 is 1.86 bits per heavy atom. The van der Waals surface area contributed by atoms with Gasteiger partial charge in [-0.1, -0.05) is 0 Å². The molecule has 150 valence electrons. The molecule has 29 heavy (non-hydrogen) atoms. The Morgan fingerprint density at radius 3 is 2.66 bits per heavy atom. The van der Waals surface area contributed by atoms with Gasteiger partial charge in [0.2, 0.25) is 0 Å². The Hall–Kier alpha value is -3.07. The van der Waals surface area contributed by atoms with Crippen LogP contribution in [0.2, 0.25) is 0 Å². The quantitative estimate of drug-likeness (QED) is 0.731. The fourth-order valence-electron chi connectivity index (χ4n) is 4.10. The van der Waals surface area contributed by atoms with E-state index in [2.05, 4.69) is 25.2 Å². The zero-order chi connectivity index (χ0) is 19.8. The van der Waals surface area contributed by atoms with E-state index in [1.54, 1.807) is 29.1 Å². The van der Waals surface area contributed by atoms with Crippen LogP contribution in [0.1, 0.15) is 40.9 Å². The second kappa shape index (κ2) is 7.40. The maximum atomic E-state index is 13.1. The third-order valence-corrected chi connectivity index (χ3v) is 5.70.